The van der Waals surface area contributed by atoms with Crippen LogP contribution in [-0.2, 0) is 35.2 Å². The maximum absolute atomic E-state index is 12.2. The molecule has 0 bridgehead atoms. The van der Waals surface area contributed by atoms with Gasteiger partial charge in [-0.05, 0) is 84.0 Å². The van der Waals surface area contributed by atoms with Crippen LogP contribution >= 0.6 is 0 Å². The quantitative estimate of drug-likeness (QED) is 0.175. The second-order valence-electron chi connectivity index (χ2n) is 11.8. The molecule has 6 nitrogen and oxygen atoms in total. The van der Waals surface area contributed by atoms with Crippen LogP contribution < -0.4 is 9.47 Å². The first-order valence-electron chi connectivity index (χ1n) is 15.2. The van der Waals surface area contributed by atoms with Gasteiger partial charge in [-0.2, -0.15) is 0 Å². The Hall–Kier alpha value is -4.45. The minimum absolute atomic E-state index is 0.0246. The van der Waals surface area contributed by atoms with Gasteiger partial charge in [0, 0.05) is 5.92 Å². The number of benzene rings is 4. The van der Waals surface area contributed by atoms with Gasteiger partial charge in [0.05, 0.1) is 26.7 Å². The summed E-state index contributed by atoms with van der Waals surface area (Å²) in [6.45, 7) is 5.09. The zero-order valence-electron chi connectivity index (χ0n) is 26.1. The molecule has 1 fully saturated rings. The third-order valence-corrected chi connectivity index (χ3v) is 8.53. The number of methoxy groups -OCH3 is 2. The predicted octanol–water partition coefficient (Wildman–Crippen LogP) is 7.43. The molecule has 1 aliphatic heterocycles. The molecule has 44 heavy (non-hydrogen) atoms. The van der Waals surface area contributed by atoms with Crippen LogP contribution in [0.15, 0.2) is 97.1 Å². The molecule has 0 aromatic heterocycles. The lowest BCUT2D eigenvalue weighted by molar-refractivity contribution is -0.141. The molecular formula is C38H44O6. The molecule has 2 unspecified atom stereocenters. The summed E-state index contributed by atoms with van der Waals surface area (Å²) in [4.78, 5) is 12.2. The number of carbonyl (C=O) groups excluding carboxylic acids is 1. The molecule has 4 aromatic rings. The van der Waals surface area contributed by atoms with E-state index in [1.165, 1.54) is 38.2 Å². The Morgan fingerprint density at radius 1 is 0.682 bits per heavy atom. The molecule has 1 aliphatic rings. The summed E-state index contributed by atoms with van der Waals surface area (Å²) in [5, 5.41) is 19.4. The van der Waals surface area contributed by atoms with Crippen molar-refractivity contribution in [3.05, 3.63) is 119 Å². The molecule has 4 aromatic carbocycles. The minimum Gasteiger partial charge on any atom is -0.504 e. The molecule has 0 aliphatic carbocycles. The Bertz CT molecular complexity index is 1420. The van der Waals surface area contributed by atoms with Gasteiger partial charge < -0.3 is 24.4 Å². The Labute approximate surface area is 261 Å². The number of rotatable bonds is 11. The van der Waals surface area contributed by atoms with Gasteiger partial charge in [-0.3, -0.25) is 4.79 Å². The highest BCUT2D eigenvalue weighted by Gasteiger charge is 2.37. The molecule has 0 amide bonds. The van der Waals surface area contributed by atoms with Crippen molar-refractivity contribution in [1.29, 1.82) is 0 Å². The van der Waals surface area contributed by atoms with Gasteiger partial charge in [0.2, 0.25) is 0 Å². The normalized spacial score (nSPS) is 17.1. The number of carbonyl (C=O) groups is 1. The third kappa shape index (κ3) is 9.03. The standard InChI is InChI=1S/C20H22O6.C18H22/c1-24-18-9-12(3-5-16(18)21)7-14-11-26-20(23)15(14)8-13-4-6-17(22)19(10-13)25-2;1-15(13-17-9-5-3-6-10-17)16(2)14-18-11-7-4-8-12-18/h3-6,9-10,14-15,21-22H,7-8,11H2,1-2H3;3-12,15-16H,13-14H2,1-2H3/t14-,15+;/m0./s1. The SMILES string of the molecule is CC(Cc1ccccc1)C(C)Cc1ccccc1.COc1cc(C[C@H]2COC(=O)[C@@H]2Cc2ccc(O)c(OC)c2)ccc1O. The van der Waals surface area contributed by atoms with Crippen LogP contribution in [0.5, 0.6) is 23.0 Å². The fourth-order valence-electron chi connectivity index (χ4n) is 5.68. The molecule has 4 atom stereocenters. The molecule has 1 saturated heterocycles. The number of phenols is 2. The van der Waals surface area contributed by atoms with Gasteiger partial charge in [-0.15, -0.1) is 0 Å². The van der Waals surface area contributed by atoms with Crippen LogP contribution in [0.4, 0.5) is 0 Å². The van der Waals surface area contributed by atoms with E-state index in [0.29, 0.717) is 42.8 Å². The Kier molecular flexibility index (Phi) is 11.7. The van der Waals surface area contributed by atoms with Crippen molar-refractivity contribution in [1.82, 2.24) is 0 Å². The zero-order valence-corrected chi connectivity index (χ0v) is 26.1. The topological polar surface area (TPSA) is 85.2 Å². The Morgan fingerprint density at radius 2 is 1.14 bits per heavy atom. The fourth-order valence-corrected chi connectivity index (χ4v) is 5.68. The highest BCUT2D eigenvalue weighted by atomic mass is 16.5. The summed E-state index contributed by atoms with van der Waals surface area (Å²) < 4.78 is 15.6. The van der Waals surface area contributed by atoms with Gasteiger partial charge in [0.1, 0.15) is 0 Å². The molecular weight excluding hydrogens is 552 g/mol. The highest BCUT2D eigenvalue weighted by molar-refractivity contribution is 5.75. The van der Waals surface area contributed by atoms with E-state index >= 15 is 0 Å². The average Bonchev–Trinajstić information content (AvgIpc) is 3.38. The molecule has 1 heterocycles. The van der Waals surface area contributed by atoms with Gasteiger partial charge in [-0.1, -0.05) is 86.6 Å². The van der Waals surface area contributed by atoms with E-state index in [-0.39, 0.29) is 29.3 Å². The number of cyclic esters (lactones) is 1. The smallest absolute Gasteiger partial charge is 0.309 e. The molecule has 6 heteroatoms. The second kappa shape index (κ2) is 15.9. The van der Waals surface area contributed by atoms with E-state index in [1.54, 1.807) is 30.3 Å². The highest BCUT2D eigenvalue weighted by Crippen LogP contribution is 2.34. The number of aromatic hydroxyl groups is 2. The fraction of sp³-hybridized carbons (Fsp3) is 0.342. The van der Waals surface area contributed by atoms with Gasteiger partial charge in [0.25, 0.3) is 0 Å². The Morgan fingerprint density at radius 3 is 1.59 bits per heavy atom. The molecule has 0 radical (unpaired) electrons. The number of esters is 1. The lowest BCUT2D eigenvalue weighted by Gasteiger charge is -2.20. The predicted molar refractivity (Wildman–Crippen MR) is 173 cm³/mol. The summed E-state index contributed by atoms with van der Waals surface area (Å²) in [5.41, 5.74) is 4.77. The summed E-state index contributed by atoms with van der Waals surface area (Å²) >= 11 is 0. The lowest BCUT2D eigenvalue weighted by Crippen LogP contribution is -2.20. The maximum atomic E-state index is 12.2. The van der Waals surface area contributed by atoms with Crippen LogP contribution in [0.1, 0.15) is 36.1 Å². The van der Waals surface area contributed by atoms with Gasteiger partial charge in [0.15, 0.2) is 23.0 Å². The van der Waals surface area contributed by atoms with Crippen molar-refractivity contribution in [2.24, 2.45) is 23.7 Å². The van der Waals surface area contributed by atoms with Crippen molar-refractivity contribution >= 4 is 5.97 Å². The summed E-state index contributed by atoms with van der Waals surface area (Å²) in [6.07, 6.45) is 3.50. The molecule has 0 spiro atoms. The first-order valence-corrected chi connectivity index (χ1v) is 15.2. The molecule has 0 saturated carbocycles. The first kappa shape index (κ1) is 32.5. The van der Waals surface area contributed by atoms with Crippen LogP contribution in [0.3, 0.4) is 0 Å². The van der Waals surface area contributed by atoms with E-state index in [9.17, 15) is 15.0 Å². The average molecular weight is 597 g/mol. The van der Waals surface area contributed by atoms with Crippen molar-refractivity contribution in [3.8, 4) is 23.0 Å². The third-order valence-electron chi connectivity index (χ3n) is 8.53. The molecule has 232 valence electrons. The zero-order chi connectivity index (χ0) is 31.5. The summed E-state index contributed by atoms with van der Waals surface area (Å²) in [7, 11) is 2.99. The largest absolute Gasteiger partial charge is 0.504 e. The van der Waals surface area contributed by atoms with Crippen molar-refractivity contribution in [3.63, 3.8) is 0 Å². The van der Waals surface area contributed by atoms with Crippen LogP contribution in [0, 0.1) is 23.7 Å². The second-order valence-corrected chi connectivity index (χ2v) is 11.8. The molecule has 2 N–H and O–H groups in total. The van der Waals surface area contributed by atoms with E-state index in [2.05, 4.69) is 74.5 Å². The number of phenolic OH excluding ortho intramolecular Hbond substituents is 2. The van der Waals surface area contributed by atoms with E-state index < -0.39 is 0 Å². The maximum Gasteiger partial charge on any atom is 0.309 e. The monoisotopic (exact) mass is 596 g/mol. The minimum atomic E-state index is -0.274. The van der Waals surface area contributed by atoms with Gasteiger partial charge in [-0.25, -0.2) is 0 Å². The van der Waals surface area contributed by atoms with Crippen molar-refractivity contribution in [2.75, 3.05) is 20.8 Å². The first-order chi connectivity index (χ1) is 21.3. The molecule has 5 rings (SSSR count). The van der Waals surface area contributed by atoms with E-state index in [4.69, 9.17) is 14.2 Å². The van der Waals surface area contributed by atoms with Crippen molar-refractivity contribution in [2.45, 2.75) is 39.5 Å². The Balaban J connectivity index is 0.000000215. The van der Waals surface area contributed by atoms with E-state index in [0.717, 1.165) is 11.1 Å². The summed E-state index contributed by atoms with van der Waals surface area (Å²) in [6, 6.07) is 31.9. The van der Waals surface area contributed by atoms with Crippen LogP contribution in [0.2, 0.25) is 0 Å². The number of hydrogen-bond acceptors (Lipinski definition) is 6. The van der Waals surface area contributed by atoms with Crippen LogP contribution in [-0.4, -0.2) is 37.0 Å². The van der Waals surface area contributed by atoms with Gasteiger partial charge >= 0.3 is 5.97 Å². The lowest BCUT2D eigenvalue weighted by atomic mass is 9.85. The number of ether oxygens (including phenoxy) is 3. The number of hydrogen-bond donors (Lipinski definition) is 2. The van der Waals surface area contributed by atoms with Crippen LogP contribution in [0.25, 0.3) is 0 Å². The summed E-state index contributed by atoms with van der Waals surface area (Å²) in [5.74, 6) is 1.91. The van der Waals surface area contributed by atoms with Crippen molar-refractivity contribution < 1.29 is 29.2 Å². The van der Waals surface area contributed by atoms with E-state index in [1.807, 2.05) is 6.07 Å².